The van der Waals surface area contributed by atoms with Gasteiger partial charge < -0.3 is 4.90 Å². The Bertz CT molecular complexity index is 825. The largest absolute Gasteiger partial charge is 0.352 e. The molecule has 0 radical (unpaired) electrons. The number of thiophene rings is 1. The Morgan fingerprint density at radius 3 is 2.91 bits per heavy atom. The van der Waals surface area contributed by atoms with Crippen LogP contribution in [0.3, 0.4) is 0 Å². The molecule has 0 bridgehead atoms. The van der Waals surface area contributed by atoms with E-state index in [0.29, 0.717) is 6.04 Å². The summed E-state index contributed by atoms with van der Waals surface area (Å²) in [6.45, 7) is 1.12. The molecule has 2 unspecified atom stereocenters. The van der Waals surface area contributed by atoms with Crippen molar-refractivity contribution in [2.45, 2.75) is 38.1 Å². The second-order valence-corrected chi connectivity index (χ2v) is 7.37. The highest BCUT2D eigenvalue weighted by Crippen LogP contribution is 2.38. The summed E-state index contributed by atoms with van der Waals surface area (Å²) in [4.78, 5) is 2.53. The van der Waals surface area contributed by atoms with Crippen molar-refractivity contribution < 1.29 is 0 Å². The van der Waals surface area contributed by atoms with E-state index >= 15 is 0 Å². The molecule has 118 valence electrons. The second-order valence-electron chi connectivity index (χ2n) is 6.59. The molecular formula is C17H19N5S. The summed E-state index contributed by atoms with van der Waals surface area (Å²) in [5.74, 6) is 2.77. The van der Waals surface area contributed by atoms with Crippen LogP contribution in [0.4, 0.5) is 5.82 Å². The Labute approximate surface area is 139 Å². The Morgan fingerprint density at radius 1 is 1.04 bits per heavy atom. The average Bonchev–Trinajstić information content (AvgIpc) is 3.32. The number of nitrogens with zero attached hydrogens (tertiary/aromatic N) is 5. The summed E-state index contributed by atoms with van der Waals surface area (Å²) in [5, 5.41) is 17.6. The maximum Gasteiger partial charge on any atom is 0.186 e. The van der Waals surface area contributed by atoms with Crippen molar-refractivity contribution in [3.63, 3.8) is 0 Å². The number of piperidine rings is 1. The van der Waals surface area contributed by atoms with Crippen molar-refractivity contribution >= 4 is 22.8 Å². The van der Waals surface area contributed by atoms with Crippen LogP contribution in [0.1, 0.15) is 32.1 Å². The second kappa shape index (κ2) is 5.30. The third-order valence-corrected chi connectivity index (χ3v) is 6.00. The maximum atomic E-state index is 4.90. The van der Waals surface area contributed by atoms with Crippen LogP contribution in [0.15, 0.2) is 29.0 Å². The molecule has 1 saturated heterocycles. The molecule has 2 atom stereocenters. The van der Waals surface area contributed by atoms with Gasteiger partial charge in [0.1, 0.15) is 5.82 Å². The molecule has 23 heavy (non-hydrogen) atoms. The lowest BCUT2D eigenvalue weighted by molar-refractivity contribution is 0.359. The van der Waals surface area contributed by atoms with Gasteiger partial charge in [-0.05, 0) is 55.2 Å². The zero-order chi connectivity index (χ0) is 15.2. The SMILES string of the molecule is c1cc(-c2nnc3ccc(N4CCCC5CCCC54)nn23)cs1. The van der Waals surface area contributed by atoms with Gasteiger partial charge in [0.05, 0.1) is 0 Å². The van der Waals surface area contributed by atoms with Gasteiger partial charge in [-0.25, -0.2) is 0 Å². The molecule has 1 aliphatic carbocycles. The van der Waals surface area contributed by atoms with Crippen LogP contribution in [0.2, 0.25) is 0 Å². The highest BCUT2D eigenvalue weighted by atomic mass is 32.1. The van der Waals surface area contributed by atoms with Gasteiger partial charge in [0.15, 0.2) is 11.5 Å². The van der Waals surface area contributed by atoms with Gasteiger partial charge in [-0.3, -0.25) is 0 Å². The van der Waals surface area contributed by atoms with E-state index in [1.165, 1.54) is 32.1 Å². The minimum atomic E-state index is 0.676. The molecule has 3 aromatic heterocycles. The molecule has 0 N–H and O–H groups in total. The molecule has 0 aromatic carbocycles. The number of fused-ring (bicyclic) bond motifs is 2. The minimum Gasteiger partial charge on any atom is -0.352 e. The summed E-state index contributed by atoms with van der Waals surface area (Å²) in [6.07, 6.45) is 6.72. The Hall–Kier alpha value is -1.95. The summed E-state index contributed by atoms with van der Waals surface area (Å²) < 4.78 is 1.90. The van der Waals surface area contributed by atoms with E-state index in [9.17, 15) is 0 Å². The lowest BCUT2D eigenvalue weighted by atomic mass is 9.92. The Kier molecular flexibility index (Phi) is 3.11. The number of hydrogen-bond acceptors (Lipinski definition) is 5. The number of anilines is 1. The Balaban J connectivity index is 1.58. The van der Waals surface area contributed by atoms with Gasteiger partial charge >= 0.3 is 0 Å². The fraction of sp³-hybridized carbons (Fsp3) is 0.471. The van der Waals surface area contributed by atoms with E-state index in [4.69, 9.17) is 5.10 Å². The first-order valence-electron chi connectivity index (χ1n) is 8.42. The molecule has 0 amide bonds. The first kappa shape index (κ1) is 13.5. The van der Waals surface area contributed by atoms with Crippen LogP contribution >= 0.6 is 11.3 Å². The summed E-state index contributed by atoms with van der Waals surface area (Å²) >= 11 is 1.67. The van der Waals surface area contributed by atoms with Gasteiger partial charge in [-0.1, -0.05) is 6.42 Å². The van der Waals surface area contributed by atoms with E-state index < -0.39 is 0 Å². The van der Waals surface area contributed by atoms with E-state index in [2.05, 4.69) is 38.0 Å². The number of aromatic nitrogens is 4. The van der Waals surface area contributed by atoms with Crippen LogP contribution in [-0.2, 0) is 0 Å². The van der Waals surface area contributed by atoms with Crippen LogP contribution < -0.4 is 4.90 Å². The molecule has 0 spiro atoms. The predicted molar refractivity (Wildman–Crippen MR) is 91.8 cm³/mol. The standard InChI is InChI=1S/C17H19N5S/c1-3-12-4-2-9-21(14(12)5-1)16-7-6-15-18-19-17(22(15)20-16)13-8-10-23-11-13/h6-8,10-12,14H,1-5,9H2. The zero-order valence-electron chi connectivity index (χ0n) is 12.9. The highest BCUT2D eigenvalue weighted by Gasteiger charge is 2.35. The monoisotopic (exact) mass is 325 g/mol. The van der Waals surface area contributed by atoms with Crippen molar-refractivity contribution in [2.75, 3.05) is 11.4 Å². The maximum absolute atomic E-state index is 4.90. The molecule has 6 heteroatoms. The molecule has 2 aliphatic rings. The molecule has 1 saturated carbocycles. The number of hydrogen-bond donors (Lipinski definition) is 0. The lowest BCUT2D eigenvalue weighted by Gasteiger charge is -2.38. The van der Waals surface area contributed by atoms with Crippen molar-refractivity contribution in [3.8, 4) is 11.4 Å². The van der Waals surface area contributed by atoms with Crippen LogP contribution in [0, 0.1) is 5.92 Å². The van der Waals surface area contributed by atoms with E-state index in [1.54, 1.807) is 11.3 Å². The highest BCUT2D eigenvalue weighted by molar-refractivity contribution is 7.08. The number of rotatable bonds is 2. The normalized spacial score (nSPS) is 24.3. The van der Waals surface area contributed by atoms with E-state index in [0.717, 1.165) is 35.3 Å². The molecule has 5 nitrogen and oxygen atoms in total. The van der Waals surface area contributed by atoms with Crippen LogP contribution in [0.5, 0.6) is 0 Å². The quantitative estimate of drug-likeness (QED) is 0.722. The minimum absolute atomic E-state index is 0.676. The predicted octanol–water partition coefficient (Wildman–Crippen LogP) is 3.62. The average molecular weight is 325 g/mol. The summed E-state index contributed by atoms with van der Waals surface area (Å²) in [7, 11) is 0. The van der Waals surface area contributed by atoms with E-state index in [-0.39, 0.29) is 0 Å². The van der Waals surface area contributed by atoms with Crippen molar-refractivity contribution in [1.29, 1.82) is 0 Å². The zero-order valence-corrected chi connectivity index (χ0v) is 13.7. The van der Waals surface area contributed by atoms with Crippen LogP contribution in [-0.4, -0.2) is 32.4 Å². The first-order chi connectivity index (χ1) is 11.4. The Morgan fingerprint density at radius 2 is 2.00 bits per heavy atom. The topological polar surface area (TPSA) is 46.3 Å². The molecule has 1 aliphatic heterocycles. The van der Waals surface area contributed by atoms with Gasteiger partial charge in [0.25, 0.3) is 0 Å². The van der Waals surface area contributed by atoms with Crippen molar-refractivity contribution in [1.82, 2.24) is 19.8 Å². The van der Waals surface area contributed by atoms with Crippen molar-refractivity contribution in [2.24, 2.45) is 5.92 Å². The van der Waals surface area contributed by atoms with Crippen molar-refractivity contribution in [3.05, 3.63) is 29.0 Å². The molecule has 5 rings (SSSR count). The summed E-state index contributed by atoms with van der Waals surface area (Å²) in [5.41, 5.74) is 1.90. The van der Waals surface area contributed by atoms with Crippen LogP contribution in [0.25, 0.3) is 17.0 Å². The third-order valence-electron chi connectivity index (χ3n) is 5.32. The fourth-order valence-corrected chi connectivity index (χ4v) is 4.88. The first-order valence-corrected chi connectivity index (χ1v) is 9.36. The third kappa shape index (κ3) is 2.16. The fourth-order valence-electron chi connectivity index (χ4n) is 4.24. The molecule has 3 aromatic rings. The van der Waals surface area contributed by atoms with Gasteiger partial charge in [-0.15, -0.1) is 15.3 Å². The lowest BCUT2D eigenvalue weighted by Crippen LogP contribution is -2.43. The van der Waals surface area contributed by atoms with Gasteiger partial charge in [0, 0.05) is 23.5 Å². The molecule has 2 fully saturated rings. The molecular weight excluding hydrogens is 306 g/mol. The summed E-state index contributed by atoms with van der Waals surface area (Å²) in [6, 6.07) is 6.91. The van der Waals surface area contributed by atoms with Gasteiger partial charge in [0.2, 0.25) is 0 Å². The van der Waals surface area contributed by atoms with E-state index in [1.807, 2.05) is 10.6 Å². The molecule has 4 heterocycles. The van der Waals surface area contributed by atoms with Gasteiger partial charge in [-0.2, -0.15) is 15.9 Å². The smallest absolute Gasteiger partial charge is 0.186 e.